The van der Waals surface area contributed by atoms with Crippen molar-refractivity contribution >= 4 is 12.6 Å². The van der Waals surface area contributed by atoms with E-state index in [0.717, 1.165) is 25.0 Å². The van der Waals surface area contributed by atoms with Gasteiger partial charge in [-0.2, -0.15) is 12.6 Å². The molecule has 0 bridgehead atoms. The summed E-state index contributed by atoms with van der Waals surface area (Å²) < 4.78 is 0. The average molecular weight is 176 g/mol. The molecule has 0 aromatic carbocycles. The van der Waals surface area contributed by atoms with Crippen LogP contribution in [0.3, 0.4) is 0 Å². The van der Waals surface area contributed by atoms with E-state index in [1.54, 1.807) is 0 Å². The molecule has 0 radical (unpaired) electrons. The highest BCUT2D eigenvalue weighted by atomic mass is 32.1. The van der Waals surface area contributed by atoms with Crippen molar-refractivity contribution in [2.24, 2.45) is 0 Å². The molecule has 0 fully saturated rings. The molecule has 1 atom stereocenters. The fourth-order valence-corrected chi connectivity index (χ4v) is 1.28. The van der Waals surface area contributed by atoms with Crippen LogP contribution in [-0.2, 0) is 0 Å². The molecule has 0 aliphatic carbocycles. The normalized spacial score (nSPS) is 13.4. The Morgan fingerprint density at radius 2 is 1.82 bits per heavy atom. The lowest BCUT2D eigenvalue weighted by Crippen LogP contribution is -2.05. The maximum absolute atomic E-state index is 9.37. The van der Waals surface area contributed by atoms with Crippen molar-refractivity contribution in [3.05, 3.63) is 0 Å². The van der Waals surface area contributed by atoms with E-state index in [-0.39, 0.29) is 6.10 Å². The van der Waals surface area contributed by atoms with Crippen molar-refractivity contribution in [3.63, 3.8) is 0 Å². The predicted molar refractivity (Wildman–Crippen MR) is 53.2 cm³/mol. The zero-order valence-electron chi connectivity index (χ0n) is 7.42. The first-order valence-electron chi connectivity index (χ1n) is 4.60. The number of aliphatic hydroxyl groups is 1. The molecule has 0 rings (SSSR count). The van der Waals surface area contributed by atoms with Crippen LogP contribution in [-0.4, -0.2) is 17.0 Å². The van der Waals surface area contributed by atoms with Crippen LogP contribution in [0, 0.1) is 0 Å². The lowest BCUT2D eigenvalue weighted by Gasteiger charge is -2.08. The van der Waals surface area contributed by atoms with E-state index in [0.29, 0.717) is 0 Å². The summed E-state index contributed by atoms with van der Waals surface area (Å²) in [4.78, 5) is 0. The first kappa shape index (κ1) is 11.3. The van der Waals surface area contributed by atoms with Crippen molar-refractivity contribution < 1.29 is 5.11 Å². The first-order valence-corrected chi connectivity index (χ1v) is 5.23. The molecule has 0 saturated heterocycles. The van der Waals surface area contributed by atoms with Gasteiger partial charge in [0.15, 0.2) is 0 Å². The second kappa shape index (κ2) is 8.41. The van der Waals surface area contributed by atoms with Gasteiger partial charge in [0.2, 0.25) is 0 Å². The summed E-state index contributed by atoms with van der Waals surface area (Å²) >= 11 is 4.09. The van der Waals surface area contributed by atoms with Crippen LogP contribution >= 0.6 is 12.6 Å². The molecule has 2 heteroatoms. The molecule has 0 saturated carbocycles. The number of hydrogen-bond donors (Lipinski definition) is 2. The number of thiol groups is 1. The molecule has 0 aromatic rings. The third-order valence-corrected chi connectivity index (χ3v) is 2.15. The van der Waals surface area contributed by atoms with E-state index in [2.05, 4.69) is 19.6 Å². The summed E-state index contributed by atoms with van der Waals surface area (Å²) in [7, 11) is 0. The second-order valence-corrected chi connectivity index (χ2v) is 3.46. The van der Waals surface area contributed by atoms with Gasteiger partial charge >= 0.3 is 0 Å². The molecule has 0 amide bonds. The van der Waals surface area contributed by atoms with E-state index in [1.807, 2.05) is 0 Å². The van der Waals surface area contributed by atoms with Gasteiger partial charge in [0.1, 0.15) is 0 Å². The first-order chi connectivity index (χ1) is 5.31. The highest BCUT2D eigenvalue weighted by Crippen LogP contribution is 2.08. The number of aliphatic hydroxyl groups excluding tert-OH is 1. The highest BCUT2D eigenvalue weighted by molar-refractivity contribution is 7.80. The summed E-state index contributed by atoms with van der Waals surface area (Å²) in [5.41, 5.74) is 0. The van der Waals surface area contributed by atoms with Gasteiger partial charge in [-0.05, 0) is 25.0 Å². The Balaban J connectivity index is 3.02. The molecule has 11 heavy (non-hydrogen) atoms. The fraction of sp³-hybridized carbons (Fsp3) is 1.00. The van der Waals surface area contributed by atoms with Gasteiger partial charge in [0, 0.05) is 0 Å². The van der Waals surface area contributed by atoms with Crippen molar-refractivity contribution in [3.8, 4) is 0 Å². The third kappa shape index (κ3) is 8.21. The lowest BCUT2D eigenvalue weighted by molar-refractivity contribution is 0.150. The van der Waals surface area contributed by atoms with E-state index < -0.39 is 0 Å². The molecule has 1 nitrogen and oxygen atoms in total. The van der Waals surface area contributed by atoms with Gasteiger partial charge in [0.05, 0.1) is 6.10 Å². The topological polar surface area (TPSA) is 20.2 Å². The minimum atomic E-state index is -0.0753. The van der Waals surface area contributed by atoms with Crippen molar-refractivity contribution in [2.75, 3.05) is 5.75 Å². The molecule has 0 heterocycles. The maximum atomic E-state index is 9.37. The fourth-order valence-electron chi connectivity index (χ4n) is 1.10. The average Bonchev–Trinajstić information content (AvgIpc) is 2.01. The monoisotopic (exact) mass is 176 g/mol. The highest BCUT2D eigenvalue weighted by Gasteiger charge is 2.01. The van der Waals surface area contributed by atoms with Gasteiger partial charge < -0.3 is 5.11 Å². The standard InChI is InChI=1S/C9H20OS/c1-2-3-4-6-9(10)7-5-8-11/h9-11H,2-8H2,1H3. The smallest absolute Gasteiger partial charge is 0.0540 e. The van der Waals surface area contributed by atoms with Crippen LogP contribution in [0.2, 0.25) is 0 Å². The Bertz CT molecular complexity index is 76.0. The Morgan fingerprint density at radius 1 is 1.18 bits per heavy atom. The van der Waals surface area contributed by atoms with Crippen LogP contribution in [0.5, 0.6) is 0 Å². The SMILES string of the molecule is CCCCCC(O)CCCS. The summed E-state index contributed by atoms with van der Waals surface area (Å²) in [5.74, 6) is 0.894. The van der Waals surface area contributed by atoms with Crippen LogP contribution in [0.15, 0.2) is 0 Å². The molecule has 1 unspecified atom stereocenters. The number of unbranched alkanes of at least 4 members (excludes halogenated alkanes) is 2. The van der Waals surface area contributed by atoms with Crippen molar-refractivity contribution in [1.82, 2.24) is 0 Å². The zero-order chi connectivity index (χ0) is 8.53. The number of rotatable bonds is 7. The van der Waals surface area contributed by atoms with E-state index in [4.69, 9.17) is 0 Å². The Morgan fingerprint density at radius 3 is 2.36 bits per heavy atom. The van der Waals surface area contributed by atoms with Gasteiger partial charge in [0.25, 0.3) is 0 Å². The second-order valence-electron chi connectivity index (χ2n) is 3.02. The van der Waals surface area contributed by atoms with Gasteiger partial charge in [-0.3, -0.25) is 0 Å². The maximum Gasteiger partial charge on any atom is 0.0540 e. The Kier molecular flexibility index (Phi) is 8.64. The van der Waals surface area contributed by atoms with E-state index in [1.165, 1.54) is 19.3 Å². The quantitative estimate of drug-likeness (QED) is 0.451. The summed E-state index contributed by atoms with van der Waals surface area (Å²) in [5, 5.41) is 9.37. The minimum absolute atomic E-state index is 0.0753. The molecule has 0 aliphatic heterocycles. The van der Waals surface area contributed by atoms with E-state index >= 15 is 0 Å². The van der Waals surface area contributed by atoms with Crippen LogP contribution in [0.25, 0.3) is 0 Å². The van der Waals surface area contributed by atoms with Crippen molar-refractivity contribution in [1.29, 1.82) is 0 Å². The molecule has 0 spiro atoms. The third-order valence-electron chi connectivity index (χ3n) is 1.84. The van der Waals surface area contributed by atoms with Gasteiger partial charge in [-0.25, -0.2) is 0 Å². The molecular formula is C9H20OS. The summed E-state index contributed by atoms with van der Waals surface area (Å²) in [6.45, 7) is 2.18. The summed E-state index contributed by atoms with van der Waals surface area (Å²) in [6, 6.07) is 0. The Labute approximate surface area is 75.6 Å². The summed E-state index contributed by atoms with van der Waals surface area (Å²) in [6.07, 6.45) is 6.51. The number of hydrogen-bond acceptors (Lipinski definition) is 2. The largest absolute Gasteiger partial charge is 0.393 e. The molecular weight excluding hydrogens is 156 g/mol. The van der Waals surface area contributed by atoms with Crippen LogP contribution in [0.1, 0.15) is 45.4 Å². The van der Waals surface area contributed by atoms with Gasteiger partial charge in [-0.15, -0.1) is 0 Å². The Hall–Kier alpha value is 0.310. The van der Waals surface area contributed by atoms with Crippen LogP contribution < -0.4 is 0 Å². The van der Waals surface area contributed by atoms with E-state index in [9.17, 15) is 5.11 Å². The molecule has 0 aromatic heterocycles. The predicted octanol–water partition coefficient (Wildman–Crippen LogP) is 2.64. The zero-order valence-corrected chi connectivity index (χ0v) is 8.32. The molecule has 0 aliphatic rings. The van der Waals surface area contributed by atoms with Crippen LogP contribution in [0.4, 0.5) is 0 Å². The lowest BCUT2D eigenvalue weighted by atomic mass is 10.1. The van der Waals surface area contributed by atoms with Gasteiger partial charge in [-0.1, -0.05) is 26.2 Å². The van der Waals surface area contributed by atoms with Crippen molar-refractivity contribution in [2.45, 2.75) is 51.6 Å². The molecule has 1 N–H and O–H groups in total. The molecule has 68 valence electrons. The minimum Gasteiger partial charge on any atom is -0.393 e.